The zero-order valence-corrected chi connectivity index (χ0v) is 18.1. The van der Waals surface area contributed by atoms with Crippen LogP contribution in [0.4, 0.5) is 5.69 Å². The van der Waals surface area contributed by atoms with E-state index in [4.69, 9.17) is 17.0 Å². The smallest absolute Gasteiger partial charge is 0.275 e. The molecular weight excluding hydrogens is 400 g/mol. The van der Waals surface area contributed by atoms with Crippen LogP contribution in [-0.4, -0.2) is 22.2 Å². The fourth-order valence-electron chi connectivity index (χ4n) is 4.12. The minimum atomic E-state index is -0.466. The van der Waals surface area contributed by atoms with Crippen molar-refractivity contribution in [3.63, 3.8) is 0 Å². The van der Waals surface area contributed by atoms with Crippen molar-refractivity contribution in [3.05, 3.63) is 74.3 Å². The number of carbonyl (C=O) groups excluding carboxylic acids is 1. The SMILES string of the molecule is CC(=N)C1=C(NC2CCC2)C(=O)N(c2cc(C)c(=O)n(C)c2)C1c1ccc(Cl)cc1. The normalized spacial score (nSPS) is 19.3. The Hall–Kier alpha value is -2.86. The van der Waals surface area contributed by atoms with E-state index in [2.05, 4.69) is 5.32 Å². The van der Waals surface area contributed by atoms with Gasteiger partial charge in [0, 0.05) is 41.2 Å². The number of anilines is 1. The highest BCUT2D eigenvalue weighted by molar-refractivity contribution is 6.30. The second-order valence-electron chi connectivity index (χ2n) is 8.11. The minimum Gasteiger partial charge on any atom is -0.377 e. The van der Waals surface area contributed by atoms with E-state index < -0.39 is 6.04 Å². The van der Waals surface area contributed by atoms with Gasteiger partial charge in [-0.25, -0.2) is 0 Å². The molecule has 30 heavy (non-hydrogen) atoms. The molecule has 1 aliphatic heterocycles. The molecule has 1 aliphatic carbocycles. The molecule has 2 N–H and O–H groups in total. The summed E-state index contributed by atoms with van der Waals surface area (Å²) in [5.74, 6) is -0.179. The van der Waals surface area contributed by atoms with Gasteiger partial charge >= 0.3 is 0 Å². The molecule has 0 bridgehead atoms. The molecular formula is C23H25ClN4O2. The van der Waals surface area contributed by atoms with Gasteiger partial charge in [0.2, 0.25) is 0 Å². The van der Waals surface area contributed by atoms with Crippen LogP contribution in [0.2, 0.25) is 5.02 Å². The molecule has 0 spiro atoms. The van der Waals surface area contributed by atoms with Gasteiger partial charge in [0.05, 0.1) is 11.7 Å². The maximum Gasteiger partial charge on any atom is 0.275 e. The molecule has 1 aromatic heterocycles. The van der Waals surface area contributed by atoms with Gasteiger partial charge in [0.15, 0.2) is 0 Å². The third kappa shape index (κ3) is 3.45. The van der Waals surface area contributed by atoms with E-state index >= 15 is 0 Å². The number of halogens is 1. The van der Waals surface area contributed by atoms with Gasteiger partial charge in [-0.05, 0) is 56.9 Å². The van der Waals surface area contributed by atoms with E-state index in [0.29, 0.717) is 33.3 Å². The summed E-state index contributed by atoms with van der Waals surface area (Å²) in [5, 5.41) is 12.5. The van der Waals surface area contributed by atoms with Gasteiger partial charge < -0.3 is 15.3 Å². The summed E-state index contributed by atoms with van der Waals surface area (Å²) in [6, 6.07) is 8.89. The highest BCUT2D eigenvalue weighted by Crippen LogP contribution is 2.41. The van der Waals surface area contributed by atoms with Crippen LogP contribution in [0.15, 0.2) is 52.6 Å². The Morgan fingerprint density at radius 2 is 1.87 bits per heavy atom. The summed E-state index contributed by atoms with van der Waals surface area (Å²) < 4.78 is 1.49. The molecule has 4 rings (SSSR count). The Bertz CT molecular complexity index is 1090. The van der Waals surface area contributed by atoms with E-state index in [1.165, 1.54) is 4.57 Å². The summed E-state index contributed by atoms with van der Waals surface area (Å²) in [7, 11) is 1.68. The van der Waals surface area contributed by atoms with Crippen molar-refractivity contribution in [1.82, 2.24) is 9.88 Å². The second kappa shape index (κ2) is 7.76. The molecule has 2 aliphatic rings. The molecule has 1 amide bonds. The van der Waals surface area contributed by atoms with Gasteiger partial charge in [-0.2, -0.15) is 0 Å². The standard InChI is InChI=1S/C23H25ClN4O2/c1-13-11-18(12-27(3)22(13)29)28-21(15-7-9-16(24)10-8-15)19(14(2)25)20(23(28)30)26-17-5-4-6-17/h7-12,17,21,25-26H,4-6H2,1-3H3. The van der Waals surface area contributed by atoms with Crippen LogP contribution in [0.5, 0.6) is 0 Å². The molecule has 7 heteroatoms. The average Bonchev–Trinajstić information content (AvgIpc) is 2.95. The van der Waals surface area contributed by atoms with Gasteiger partial charge in [-0.3, -0.25) is 14.5 Å². The van der Waals surface area contributed by atoms with Gasteiger partial charge in [0.25, 0.3) is 11.5 Å². The molecule has 1 saturated carbocycles. The fraction of sp³-hybridized carbons (Fsp3) is 0.348. The molecule has 1 fully saturated rings. The van der Waals surface area contributed by atoms with Crippen molar-refractivity contribution in [2.24, 2.45) is 7.05 Å². The maximum absolute atomic E-state index is 13.6. The number of carbonyl (C=O) groups is 1. The van der Waals surface area contributed by atoms with Crippen LogP contribution in [0.25, 0.3) is 0 Å². The summed E-state index contributed by atoms with van der Waals surface area (Å²) in [6.45, 7) is 3.46. The Morgan fingerprint density at radius 1 is 1.20 bits per heavy atom. The molecule has 0 radical (unpaired) electrons. The molecule has 1 atom stereocenters. The predicted molar refractivity (Wildman–Crippen MR) is 119 cm³/mol. The number of rotatable bonds is 5. The van der Waals surface area contributed by atoms with Crippen molar-refractivity contribution < 1.29 is 4.79 Å². The Morgan fingerprint density at radius 3 is 2.40 bits per heavy atom. The monoisotopic (exact) mass is 424 g/mol. The number of aryl methyl sites for hydroxylation is 2. The number of amides is 1. The number of hydrogen-bond acceptors (Lipinski definition) is 4. The lowest BCUT2D eigenvalue weighted by Gasteiger charge is -2.28. The Labute approximate surface area is 180 Å². The van der Waals surface area contributed by atoms with E-state index in [9.17, 15) is 9.59 Å². The molecule has 1 aromatic carbocycles. The first-order valence-corrected chi connectivity index (χ1v) is 10.5. The summed E-state index contributed by atoms with van der Waals surface area (Å²) in [4.78, 5) is 27.6. The maximum atomic E-state index is 13.6. The van der Waals surface area contributed by atoms with E-state index in [1.807, 2.05) is 12.1 Å². The predicted octanol–water partition coefficient (Wildman–Crippen LogP) is 3.87. The first-order valence-electron chi connectivity index (χ1n) is 10.1. The largest absolute Gasteiger partial charge is 0.377 e. The average molecular weight is 425 g/mol. The van der Waals surface area contributed by atoms with Crippen molar-refractivity contribution in [3.8, 4) is 0 Å². The number of nitrogens with zero attached hydrogens (tertiary/aromatic N) is 2. The summed E-state index contributed by atoms with van der Waals surface area (Å²) in [6.07, 6.45) is 4.86. The lowest BCUT2D eigenvalue weighted by atomic mass is 9.91. The molecule has 6 nitrogen and oxygen atoms in total. The van der Waals surface area contributed by atoms with Gasteiger partial charge in [-0.1, -0.05) is 23.7 Å². The second-order valence-corrected chi connectivity index (χ2v) is 8.55. The van der Waals surface area contributed by atoms with Crippen LogP contribution >= 0.6 is 11.6 Å². The molecule has 156 valence electrons. The van der Waals surface area contributed by atoms with Crippen molar-refractivity contribution in [2.45, 2.75) is 45.2 Å². The van der Waals surface area contributed by atoms with Crippen LogP contribution in [0, 0.1) is 12.3 Å². The van der Waals surface area contributed by atoms with E-state index in [0.717, 1.165) is 24.8 Å². The number of aromatic nitrogens is 1. The van der Waals surface area contributed by atoms with E-state index in [1.54, 1.807) is 50.2 Å². The fourth-order valence-corrected chi connectivity index (χ4v) is 4.25. The highest BCUT2D eigenvalue weighted by atomic mass is 35.5. The highest BCUT2D eigenvalue weighted by Gasteiger charge is 2.43. The lowest BCUT2D eigenvalue weighted by Crippen LogP contribution is -2.39. The lowest BCUT2D eigenvalue weighted by molar-refractivity contribution is -0.115. The Balaban J connectivity index is 1.89. The summed E-state index contributed by atoms with van der Waals surface area (Å²) >= 11 is 6.10. The number of pyridine rings is 1. The quantitative estimate of drug-likeness (QED) is 0.715. The van der Waals surface area contributed by atoms with Crippen LogP contribution < -0.4 is 15.8 Å². The molecule has 2 aromatic rings. The van der Waals surface area contributed by atoms with Crippen molar-refractivity contribution >= 4 is 28.9 Å². The van der Waals surface area contributed by atoms with Crippen molar-refractivity contribution in [2.75, 3.05) is 4.90 Å². The zero-order valence-electron chi connectivity index (χ0n) is 17.3. The third-order valence-electron chi connectivity index (χ3n) is 5.90. The van der Waals surface area contributed by atoms with E-state index in [-0.39, 0.29) is 17.5 Å². The Kier molecular flexibility index (Phi) is 5.28. The molecule has 2 heterocycles. The number of nitrogens with one attached hydrogen (secondary N) is 2. The topological polar surface area (TPSA) is 78.2 Å². The van der Waals surface area contributed by atoms with Crippen LogP contribution in [0.3, 0.4) is 0 Å². The molecule has 0 saturated heterocycles. The van der Waals surface area contributed by atoms with Crippen LogP contribution in [0.1, 0.15) is 43.4 Å². The number of hydrogen-bond donors (Lipinski definition) is 2. The van der Waals surface area contributed by atoms with Crippen molar-refractivity contribution in [1.29, 1.82) is 5.41 Å². The van der Waals surface area contributed by atoms with Crippen LogP contribution in [-0.2, 0) is 11.8 Å². The zero-order chi connectivity index (χ0) is 21.6. The summed E-state index contributed by atoms with van der Waals surface area (Å²) in [5.41, 5.74) is 3.45. The minimum absolute atomic E-state index is 0.0994. The first-order chi connectivity index (χ1) is 14.3. The first kappa shape index (κ1) is 20.4. The van der Waals surface area contributed by atoms with Gasteiger partial charge in [0.1, 0.15) is 5.70 Å². The number of benzene rings is 1. The third-order valence-corrected chi connectivity index (χ3v) is 6.16. The molecule has 1 unspecified atom stereocenters. The van der Waals surface area contributed by atoms with Gasteiger partial charge in [-0.15, -0.1) is 0 Å².